The lowest BCUT2D eigenvalue weighted by Gasteiger charge is -2.17. The lowest BCUT2D eigenvalue weighted by molar-refractivity contribution is -0.384. The molecule has 0 saturated carbocycles. The van der Waals surface area contributed by atoms with Gasteiger partial charge in [-0.2, -0.15) is 0 Å². The molecule has 1 amide bonds. The summed E-state index contributed by atoms with van der Waals surface area (Å²) in [5.41, 5.74) is 0.0503. The van der Waals surface area contributed by atoms with Crippen LogP contribution in [-0.4, -0.2) is 66.2 Å². The van der Waals surface area contributed by atoms with Crippen LogP contribution in [0.4, 0.5) is 20.2 Å². The quantitative estimate of drug-likeness (QED) is 0.183. The van der Waals surface area contributed by atoms with E-state index in [2.05, 4.69) is 15.3 Å². The van der Waals surface area contributed by atoms with Crippen LogP contribution >= 0.6 is 0 Å². The van der Waals surface area contributed by atoms with Crippen molar-refractivity contribution in [1.82, 2.24) is 19.6 Å². The Morgan fingerprint density at radius 2 is 2.02 bits per heavy atom. The molecule has 1 saturated heterocycles. The Kier molecular flexibility index (Phi) is 7.81. The van der Waals surface area contributed by atoms with Gasteiger partial charge < -0.3 is 15.0 Å². The van der Waals surface area contributed by atoms with Gasteiger partial charge in [0, 0.05) is 36.8 Å². The first-order chi connectivity index (χ1) is 19.6. The zero-order valence-electron chi connectivity index (χ0n) is 21.3. The van der Waals surface area contributed by atoms with E-state index in [9.17, 15) is 32.1 Å². The number of nitrogens with one attached hydrogen (secondary N) is 3. The molecule has 4 aromatic rings. The summed E-state index contributed by atoms with van der Waals surface area (Å²) in [7, 11) is -4.54. The summed E-state index contributed by atoms with van der Waals surface area (Å²) in [6.45, 7) is 0.259. The average Bonchev–Trinajstić information content (AvgIpc) is 3.57. The Morgan fingerprint density at radius 3 is 2.80 bits per heavy atom. The van der Waals surface area contributed by atoms with Crippen molar-refractivity contribution in [1.29, 1.82) is 0 Å². The maximum Gasteiger partial charge on any atom is 0.293 e. The molecule has 0 spiro atoms. The SMILES string of the molecule is O=C(NS(=O)(=O)c1ccc(N[C@@H]2CCN(CC(F)F)C2)c([N+](=O)[O-])c1)c1ccccc1Oc1cnc2[nH]ccc2c1. The molecule has 41 heavy (non-hydrogen) atoms. The number of sulfonamides is 1. The van der Waals surface area contributed by atoms with E-state index in [1.54, 1.807) is 29.3 Å². The number of anilines is 1. The number of carbonyl (C=O) groups excluding carboxylic acids is 1. The first-order valence-electron chi connectivity index (χ1n) is 12.4. The van der Waals surface area contributed by atoms with Crippen molar-refractivity contribution < 1.29 is 31.7 Å². The van der Waals surface area contributed by atoms with Crippen molar-refractivity contribution >= 4 is 38.3 Å². The zero-order valence-corrected chi connectivity index (χ0v) is 22.1. The minimum atomic E-state index is -4.54. The van der Waals surface area contributed by atoms with Crippen LogP contribution in [0.1, 0.15) is 16.8 Å². The number of alkyl halides is 2. The molecule has 0 bridgehead atoms. The molecule has 3 N–H and O–H groups in total. The van der Waals surface area contributed by atoms with Crippen molar-refractivity contribution in [2.24, 2.45) is 0 Å². The Morgan fingerprint density at radius 1 is 1.22 bits per heavy atom. The van der Waals surface area contributed by atoms with Gasteiger partial charge in [0.15, 0.2) is 0 Å². The van der Waals surface area contributed by atoms with Gasteiger partial charge in [-0.1, -0.05) is 12.1 Å². The lowest BCUT2D eigenvalue weighted by Crippen LogP contribution is -2.31. The van der Waals surface area contributed by atoms with E-state index in [0.717, 1.165) is 17.5 Å². The van der Waals surface area contributed by atoms with E-state index in [1.807, 2.05) is 4.72 Å². The number of amides is 1. The van der Waals surface area contributed by atoms with E-state index in [1.165, 1.54) is 30.5 Å². The van der Waals surface area contributed by atoms with E-state index in [0.29, 0.717) is 24.4 Å². The third kappa shape index (κ3) is 6.41. The number of benzene rings is 2. The second kappa shape index (κ2) is 11.5. The molecule has 0 radical (unpaired) electrons. The highest BCUT2D eigenvalue weighted by Crippen LogP contribution is 2.31. The number of rotatable bonds is 10. The summed E-state index contributed by atoms with van der Waals surface area (Å²) >= 11 is 0. The molecular formula is C26H24F2N6O6S. The van der Waals surface area contributed by atoms with Crippen molar-refractivity contribution in [2.45, 2.75) is 23.8 Å². The van der Waals surface area contributed by atoms with Gasteiger partial charge in [-0.3, -0.25) is 19.8 Å². The van der Waals surface area contributed by atoms with Gasteiger partial charge >= 0.3 is 0 Å². The van der Waals surface area contributed by atoms with Gasteiger partial charge in [-0.25, -0.2) is 26.9 Å². The fourth-order valence-electron chi connectivity index (χ4n) is 4.56. The number of halogens is 2. The third-order valence-corrected chi connectivity index (χ3v) is 7.79. The highest BCUT2D eigenvalue weighted by molar-refractivity contribution is 7.90. The maximum atomic E-state index is 13.1. The van der Waals surface area contributed by atoms with Crippen molar-refractivity contribution in [3.8, 4) is 11.5 Å². The van der Waals surface area contributed by atoms with Crippen molar-refractivity contribution in [3.63, 3.8) is 0 Å². The molecule has 0 aliphatic carbocycles. The molecule has 1 aliphatic rings. The standard InChI is InChI=1S/C26H24F2N6O6S/c27-24(28)15-33-10-8-17(14-33)31-21-6-5-19(12-22(21)34(36)37)41(38,39)32-26(35)20-3-1-2-4-23(20)40-18-11-16-7-9-29-25(16)30-13-18/h1-7,9,11-13,17,24,31H,8,10,14-15H2,(H,29,30)(H,32,35)/t17-/m1/s1. The number of likely N-dealkylation sites (tertiary alicyclic amines) is 1. The summed E-state index contributed by atoms with van der Waals surface area (Å²) < 4.78 is 59.2. The number of pyridine rings is 1. The zero-order chi connectivity index (χ0) is 29.1. The molecule has 2 aromatic carbocycles. The van der Waals surface area contributed by atoms with Crippen LogP contribution in [0.5, 0.6) is 11.5 Å². The molecule has 1 aliphatic heterocycles. The number of aromatic nitrogens is 2. The number of hydrogen-bond donors (Lipinski definition) is 3. The van der Waals surface area contributed by atoms with Crippen LogP contribution in [-0.2, 0) is 10.0 Å². The molecular weight excluding hydrogens is 562 g/mol. The topological polar surface area (TPSA) is 160 Å². The summed E-state index contributed by atoms with van der Waals surface area (Å²) in [5, 5.41) is 15.5. The third-order valence-electron chi connectivity index (χ3n) is 6.47. The number of ether oxygens (including phenoxy) is 1. The summed E-state index contributed by atoms with van der Waals surface area (Å²) in [5.74, 6) is -0.621. The Bertz CT molecular complexity index is 1710. The van der Waals surface area contributed by atoms with Crippen molar-refractivity contribution in [2.75, 3.05) is 25.0 Å². The minimum absolute atomic E-state index is 0.0379. The number of nitro benzene ring substituents is 1. The molecule has 12 nitrogen and oxygen atoms in total. The number of carbonyl (C=O) groups is 1. The molecule has 15 heteroatoms. The monoisotopic (exact) mass is 586 g/mol. The van der Waals surface area contributed by atoms with Gasteiger partial charge in [0.25, 0.3) is 28.0 Å². The predicted molar refractivity (Wildman–Crippen MR) is 145 cm³/mol. The van der Waals surface area contributed by atoms with Crippen LogP contribution in [0.2, 0.25) is 0 Å². The van der Waals surface area contributed by atoms with E-state index in [-0.39, 0.29) is 29.6 Å². The summed E-state index contributed by atoms with van der Waals surface area (Å²) in [4.78, 5) is 32.3. The van der Waals surface area contributed by atoms with Gasteiger partial charge in [0.1, 0.15) is 22.8 Å². The Hall–Kier alpha value is -4.63. The van der Waals surface area contributed by atoms with Gasteiger partial charge in [0.2, 0.25) is 0 Å². The van der Waals surface area contributed by atoms with Crippen LogP contribution in [0.25, 0.3) is 11.0 Å². The largest absolute Gasteiger partial charge is 0.455 e. The number of H-pyrrole nitrogens is 1. The summed E-state index contributed by atoms with van der Waals surface area (Å²) in [6.07, 6.45) is 1.14. The second-order valence-electron chi connectivity index (χ2n) is 9.34. The molecule has 2 aromatic heterocycles. The van der Waals surface area contributed by atoms with E-state index >= 15 is 0 Å². The number of nitrogens with zero attached hydrogens (tertiary/aromatic N) is 3. The fourth-order valence-corrected chi connectivity index (χ4v) is 5.55. The molecule has 3 heterocycles. The summed E-state index contributed by atoms with van der Waals surface area (Å²) in [6, 6.07) is 12.3. The number of aromatic amines is 1. The first-order valence-corrected chi connectivity index (χ1v) is 13.9. The first kappa shape index (κ1) is 27.9. The maximum absolute atomic E-state index is 13.1. The fraction of sp³-hybridized carbons (Fsp3) is 0.231. The highest BCUT2D eigenvalue weighted by atomic mass is 32.2. The molecule has 1 atom stereocenters. The lowest BCUT2D eigenvalue weighted by atomic mass is 10.2. The molecule has 1 fully saturated rings. The molecule has 5 rings (SSSR count). The van der Waals surface area contributed by atoms with E-state index in [4.69, 9.17) is 4.74 Å². The van der Waals surface area contributed by atoms with Gasteiger partial charge in [-0.15, -0.1) is 0 Å². The van der Waals surface area contributed by atoms with Gasteiger partial charge in [-0.05, 0) is 42.8 Å². The van der Waals surface area contributed by atoms with Gasteiger partial charge in [0.05, 0.1) is 28.1 Å². The minimum Gasteiger partial charge on any atom is -0.455 e. The average molecular weight is 587 g/mol. The van der Waals surface area contributed by atoms with Crippen LogP contribution in [0.3, 0.4) is 0 Å². The Balaban J connectivity index is 1.32. The number of fused-ring (bicyclic) bond motifs is 1. The number of hydrogen-bond acceptors (Lipinski definition) is 9. The Labute approximate surface area is 232 Å². The molecule has 0 unspecified atom stereocenters. The normalized spacial score (nSPS) is 15.7. The van der Waals surface area contributed by atoms with Crippen molar-refractivity contribution in [3.05, 3.63) is 82.7 Å². The number of nitro groups is 1. The van der Waals surface area contributed by atoms with Crippen LogP contribution in [0.15, 0.2) is 71.9 Å². The second-order valence-corrected chi connectivity index (χ2v) is 11.0. The highest BCUT2D eigenvalue weighted by Gasteiger charge is 2.29. The predicted octanol–water partition coefficient (Wildman–Crippen LogP) is 4.13. The van der Waals surface area contributed by atoms with E-state index < -0.39 is 44.4 Å². The smallest absolute Gasteiger partial charge is 0.293 e. The number of para-hydroxylation sites is 1. The molecule has 214 valence electrons. The van der Waals surface area contributed by atoms with Crippen LogP contribution in [0, 0.1) is 10.1 Å². The van der Waals surface area contributed by atoms with Crippen LogP contribution < -0.4 is 14.8 Å².